The van der Waals surface area contributed by atoms with Gasteiger partial charge in [0.05, 0.1) is 16.1 Å². The summed E-state index contributed by atoms with van der Waals surface area (Å²) in [4.78, 5) is 16.0. The highest BCUT2D eigenvalue weighted by Crippen LogP contribution is 2.28. The summed E-state index contributed by atoms with van der Waals surface area (Å²) in [5.74, 6) is 0. The molecule has 1 aliphatic heterocycles. The Hall–Kier alpha value is -1.76. The van der Waals surface area contributed by atoms with Crippen LogP contribution in [0.2, 0.25) is 0 Å². The van der Waals surface area contributed by atoms with Gasteiger partial charge < -0.3 is 9.64 Å². The predicted octanol–water partition coefficient (Wildman–Crippen LogP) is 0.992. The zero-order valence-electron chi connectivity index (χ0n) is 15.7. The van der Waals surface area contributed by atoms with Crippen molar-refractivity contribution in [1.29, 1.82) is 0 Å². The van der Waals surface area contributed by atoms with Crippen molar-refractivity contribution >= 4 is 23.1 Å². The van der Waals surface area contributed by atoms with Crippen LogP contribution >= 0.6 is 11.3 Å². The van der Waals surface area contributed by atoms with Gasteiger partial charge in [0.1, 0.15) is 5.69 Å². The number of ether oxygens (including phenoxy) is 1. The molecule has 5 nitrogen and oxygen atoms in total. The Bertz CT molecular complexity index is 907. The van der Waals surface area contributed by atoms with Gasteiger partial charge in [0.15, 0.2) is 0 Å². The van der Waals surface area contributed by atoms with E-state index in [1.54, 1.807) is 7.11 Å². The van der Waals surface area contributed by atoms with Gasteiger partial charge in [-0.3, -0.25) is 9.88 Å². The molecule has 6 heteroatoms. The van der Waals surface area contributed by atoms with E-state index >= 15 is 0 Å². The second-order valence-corrected chi connectivity index (χ2v) is 8.35. The zero-order valence-corrected chi connectivity index (χ0v) is 16.6. The fourth-order valence-corrected chi connectivity index (χ4v) is 4.80. The molecule has 2 aliphatic rings. The quantitative estimate of drug-likeness (QED) is 0.803. The van der Waals surface area contributed by atoms with Crippen molar-refractivity contribution < 1.29 is 4.74 Å². The first-order valence-electron chi connectivity index (χ1n) is 9.23. The monoisotopic (exact) mass is 370 g/mol. The molecule has 0 aromatic carbocycles. The average Bonchev–Trinajstić information content (AvgIpc) is 2.94. The first kappa shape index (κ1) is 17.6. The minimum atomic E-state index is 0.485. The number of rotatable bonds is 4. The van der Waals surface area contributed by atoms with E-state index in [0.717, 1.165) is 55.1 Å². The molecule has 0 spiro atoms. The third-order valence-corrected chi connectivity index (χ3v) is 6.34. The number of nitrogens with zero attached hydrogens (tertiary/aromatic N) is 4. The lowest BCUT2D eigenvalue weighted by molar-refractivity contribution is 0.0959. The van der Waals surface area contributed by atoms with Crippen LogP contribution in [0.3, 0.4) is 0 Å². The molecule has 1 atom stereocenters. The molecule has 0 N–H and O–H groups in total. The van der Waals surface area contributed by atoms with E-state index in [2.05, 4.69) is 35.9 Å². The van der Waals surface area contributed by atoms with Gasteiger partial charge in [-0.05, 0) is 31.7 Å². The number of hydrogen-bond donors (Lipinski definition) is 0. The molecule has 1 aliphatic carbocycles. The normalized spacial score (nSPS) is 20.3. The fraction of sp³-hybridized carbons (Fsp3) is 0.500. The highest BCUT2D eigenvalue weighted by Gasteiger charge is 2.29. The first-order chi connectivity index (χ1) is 12.7. The number of thiazole rings is 1. The summed E-state index contributed by atoms with van der Waals surface area (Å²) in [6.45, 7) is 5.92. The molecule has 0 bridgehead atoms. The van der Waals surface area contributed by atoms with E-state index < -0.39 is 0 Å². The minimum absolute atomic E-state index is 0.485. The number of aromatic nitrogens is 2. The third-order valence-electron chi connectivity index (χ3n) is 5.35. The summed E-state index contributed by atoms with van der Waals surface area (Å²) >= 11 is 1.81. The lowest BCUT2D eigenvalue weighted by Gasteiger charge is -2.41. The van der Waals surface area contributed by atoms with Crippen molar-refractivity contribution in [2.45, 2.75) is 25.8 Å². The van der Waals surface area contributed by atoms with Crippen molar-refractivity contribution in [3.05, 3.63) is 44.5 Å². The molecule has 3 heterocycles. The Balaban J connectivity index is 1.81. The molecule has 1 saturated heterocycles. The summed E-state index contributed by atoms with van der Waals surface area (Å²) in [7, 11) is 3.99. The average molecular weight is 371 g/mol. The van der Waals surface area contributed by atoms with Crippen LogP contribution in [0.25, 0.3) is 11.8 Å². The van der Waals surface area contributed by atoms with Crippen LogP contribution in [0.4, 0.5) is 0 Å². The summed E-state index contributed by atoms with van der Waals surface area (Å²) in [6, 6.07) is 4.68. The van der Waals surface area contributed by atoms with Crippen LogP contribution in [0.5, 0.6) is 0 Å². The van der Waals surface area contributed by atoms with E-state index in [1.807, 2.05) is 23.6 Å². The molecule has 26 heavy (non-hydrogen) atoms. The highest BCUT2D eigenvalue weighted by molar-refractivity contribution is 7.11. The number of likely N-dealkylation sites (N-methyl/N-ethyl adjacent to an activating group) is 1. The van der Waals surface area contributed by atoms with Crippen molar-refractivity contribution in [2.24, 2.45) is 0 Å². The molecule has 138 valence electrons. The molecule has 2 aromatic rings. The smallest absolute Gasteiger partial charge is 0.103 e. The topological polar surface area (TPSA) is 41.5 Å². The van der Waals surface area contributed by atoms with Crippen LogP contribution < -0.4 is 10.6 Å². The number of aryl methyl sites for hydroxylation is 1. The van der Waals surface area contributed by atoms with Gasteiger partial charge in [-0.25, -0.2) is 4.98 Å². The van der Waals surface area contributed by atoms with Crippen LogP contribution in [0.15, 0.2) is 18.3 Å². The highest BCUT2D eigenvalue weighted by atomic mass is 32.1. The number of hydrogen-bond acceptors (Lipinski definition) is 6. The minimum Gasteiger partial charge on any atom is -0.385 e. The van der Waals surface area contributed by atoms with Gasteiger partial charge in [-0.15, -0.1) is 11.3 Å². The van der Waals surface area contributed by atoms with Crippen LogP contribution in [-0.4, -0.2) is 66.2 Å². The summed E-state index contributed by atoms with van der Waals surface area (Å²) < 4.78 is 5.33. The van der Waals surface area contributed by atoms with Crippen LogP contribution in [-0.2, 0) is 11.2 Å². The number of methoxy groups -OCH3 is 1. The van der Waals surface area contributed by atoms with Crippen molar-refractivity contribution in [3.8, 4) is 0 Å². The number of fused-ring (bicyclic) bond motifs is 2. The van der Waals surface area contributed by atoms with E-state index in [0.29, 0.717) is 6.04 Å². The Labute approximate surface area is 158 Å². The van der Waals surface area contributed by atoms with Gasteiger partial charge in [0, 0.05) is 56.9 Å². The molecule has 1 fully saturated rings. The molecule has 1 unspecified atom stereocenters. The summed E-state index contributed by atoms with van der Waals surface area (Å²) in [6.07, 6.45) is 6.17. The number of piperazine rings is 1. The van der Waals surface area contributed by atoms with Crippen molar-refractivity contribution in [3.63, 3.8) is 0 Å². The molecule has 4 rings (SSSR count). The van der Waals surface area contributed by atoms with Gasteiger partial charge >= 0.3 is 0 Å². The van der Waals surface area contributed by atoms with Crippen LogP contribution in [0, 0.1) is 6.92 Å². The Morgan fingerprint density at radius 2 is 2.23 bits per heavy atom. The largest absolute Gasteiger partial charge is 0.385 e. The predicted molar refractivity (Wildman–Crippen MR) is 106 cm³/mol. The summed E-state index contributed by atoms with van der Waals surface area (Å²) in [5.41, 5.74) is 2.35. The standard InChI is InChI=1S/C20H26N4OS/c1-14-22-19-17(26-14)7-6-15-5-4-9-21-18(15)20(19)24-11-10-23(2)16(13-24)8-12-25-3/h4-6,9,16H,7-8,10-13H2,1-3H3. The van der Waals surface area contributed by atoms with Crippen molar-refractivity contribution in [1.82, 2.24) is 19.8 Å². The molecular weight excluding hydrogens is 344 g/mol. The lowest BCUT2D eigenvalue weighted by atomic mass is 10.1. The van der Waals surface area contributed by atoms with Gasteiger partial charge in [0.2, 0.25) is 0 Å². The Morgan fingerprint density at radius 1 is 1.35 bits per heavy atom. The molecule has 0 radical (unpaired) electrons. The van der Waals surface area contributed by atoms with Gasteiger partial charge in [-0.1, -0.05) is 12.1 Å². The van der Waals surface area contributed by atoms with Crippen molar-refractivity contribution in [2.75, 3.05) is 40.4 Å². The van der Waals surface area contributed by atoms with E-state index in [-0.39, 0.29) is 0 Å². The maximum absolute atomic E-state index is 5.33. The fourth-order valence-electron chi connectivity index (χ4n) is 3.90. The molecule has 0 amide bonds. The maximum atomic E-state index is 5.33. The molecular formula is C20H26N4OS. The second kappa shape index (κ2) is 7.47. The second-order valence-electron chi connectivity index (χ2n) is 7.06. The Kier molecular flexibility index (Phi) is 5.07. The maximum Gasteiger partial charge on any atom is 0.103 e. The SMILES string of the molecule is COCCC1CN(C2=c3ncccc3=CCc3sc(C)nc32)CCN1C. The Morgan fingerprint density at radius 3 is 3.08 bits per heavy atom. The zero-order chi connectivity index (χ0) is 18.1. The number of pyridine rings is 1. The van der Waals surface area contributed by atoms with E-state index in [9.17, 15) is 0 Å². The van der Waals surface area contributed by atoms with E-state index in [1.165, 1.54) is 15.8 Å². The third kappa shape index (κ3) is 3.29. The molecule has 0 saturated carbocycles. The van der Waals surface area contributed by atoms with Gasteiger partial charge in [0.25, 0.3) is 0 Å². The van der Waals surface area contributed by atoms with E-state index in [4.69, 9.17) is 14.7 Å². The molecule has 2 aromatic heterocycles. The summed E-state index contributed by atoms with van der Waals surface area (Å²) in [5, 5.41) is 3.43. The van der Waals surface area contributed by atoms with Gasteiger partial charge in [-0.2, -0.15) is 0 Å². The first-order valence-corrected chi connectivity index (χ1v) is 10.1. The van der Waals surface area contributed by atoms with Crippen LogP contribution in [0.1, 0.15) is 22.0 Å². The lowest BCUT2D eigenvalue weighted by Crippen LogP contribution is -2.52.